The van der Waals surface area contributed by atoms with Gasteiger partial charge in [-0.2, -0.15) is 0 Å². The minimum Gasteiger partial charge on any atom is -0.497 e. The van der Waals surface area contributed by atoms with Crippen molar-refractivity contribution in [2.45, 2.75) is 26.2 Å². The van der Waals surface area contributed by atoms with Crippen molar-refractivity contribution in [1.82, 2.24) is 0 Å². The molecule has 0 saturated heterocycles. The lowest BCUT2D eigenvalue weighted by molar-refractivity contribution is 0.102. The molecule has 0 fully saturated rings. The second-order valence-corrected chi connectivity index (χ2v) is 8.40. The van der Waals surface area contributed by atoms with E-state index in [0.29, 0.717) is 22.9 Å². The number of hydrogen-bond donors (Lipinski definition) is 1. The van der Waals surface area contributed by atoms with Gasteiger partial charge in [-0.15, -0.1) is 11.3 Å². The van der Waals surface area contributed by atoms with Gasteiger partial charge >= 0.3 is 0 Å². The van der Waals surface area contributed by atoms with Gasteiger partial charge in [-0.1, -0.05) is 0 Å². The minimum absolute atomic E-state index is 0.140. The Kier molecular flexibility index (Phi) is 6.75. The number of aliphatic imine (C=N–C) groups is 1. The third kappa shape index (κ3) is 4.62. The Balaban J connectivity index is 1.62. The van der Waals surface area contributed by atoms with E-state index in [1.807, 2.05) is 49.4 Å². The second-order valence-electron chi connectivity index (χ2n) is 7.32. The van der Waals surface area contributed by atoms with E-state index in [-0.39, 0.29) is 5.91 Å². The van der Waals surface area contributed by atoms with Gasteiger partial charge < -0.3 is 19.5 Å². The Hall–Kier alpha value is -3.32. The zero-order valence-electron chi connectivity index (χ0n) is 18.4. The molecule has 32 heavy (non-hydrogen) atoms. The number of amides is 1. The van der Waals surface area contributed by atoms with E-state index in [1.165, 1.54) is 4.88 Å². The van der Waals surface area contributed by atoms with Gasteiger partial charge in [-0.05, 0) is 74.2 Å². The highest BCUT2D eigenvalue weighted by Crippen LogP contribution is 2.41. The quantitative estimate of drug-likeness (QED) is 0.450. The van der Waals surface area contributed by atoms with Gasteiger partial charge in [0.05, 0.1) is 26.4 Å². The monoisotopic (exact) mass is 450 g/mol. The number of hydrogen-bond acceptors (Lipinski definition) is 6. The van der Waals surface area contributed by atoms with Crippen molar-refractivity contribution in [2.75, 3.05) is 26.1 Å². The van der Waals surface area contributed by atoms with Gasteiger partial charge in [-0.3, -0.25) is 4.79 Å². The molecule has 1 aromatic heterocycles. The summed E-state index contributed by atoms with van der Waals surface area (Å²) < 4.78 is 16.2. The summed E-state index contributed by atoms with van der Waals surface area (Å²) in [5.41, 5.74) is 3.29. The van der Waals surface area contributed by atoms with Gasteiger partial charge in [0.1, 0.15) is 22.2 Å². The number of anilines is 1. The van der Waals surface area contributed by atoms with E-state index < -0.39 is 0 Å². The number of carbonyl (C=O) groups excluding carboxylic acids is 1. The SMILES string of the molecule is CCOc1ccc(NC(=O)c2c(/N=C/c3cc(OC)ccc3OC)sc3c2CCC3)cc1. The number of methoxy groups -OCH3 is 2. The Morgan fingerprint density at radius 3 is 2.59 bits per heavy atom. The first-order valence-corrected chi connectivity index (χ1v) is 11.4. The number of ether oxygens (including phenoxy) is 3. The maximum atomic E-state index is 13.2. The molecular formula is C25H26N2O4S. The number of aryl methyl sites for hydroxylation is 1. The number of thiophene rings is 1. The van der Waals surface area contributed by atoms with Crippen LogP contribution >= 0.6 is 11.3 Å². The maximum Gasteiger partial charge on any atom is 0.259 e. The van der Waals surface area contributed by atoms with Gasteiger partial charge in [0.15, 0.2) is 0 Å². The van der Waals surface area contributed by atoms with Crippen LogP contribution in [0.15, 0.2) is 47.5 Å². The molecule has 3 aromatic rings. The van der Waals surface area contributed by atoms with Crippen LogP contribution in [0.3, 0.4) is 0 Å². The van der Waals surface area contributed by atoms with Crippen molar-refractivity contribution in [3.05, 3.63) is 64.0 Å². The van der Waals surface area contributed by atoms with E-state index in [4.69, 9.17) is 19.2 Å². The first-order valence-electron chi connectivity index (χ1n) is 10.6. The van der Waals surface area contributed by atoms with Crippen molar-refractivity contribution in [3.63, 3.8) is 0 Å². The molecule has 0 radical (unpaired) electrons. The number of fused-ring (bicyclic) bond motifs is 1. The average molecular weight is 451 g/mol. The molecule has 1 N–H and O–H groups in total. The predicted molar refractivity (Wildman–Crippen MR) is 129 cm³/mol. The smallest absolute Gasteiger partial charge is 0.259 e. The fraction of sp³-hybridized carbons (Fsp3) is 0.280. The maximum absolute atomic E-state index is 13.2. The third-order valence-electron chi connectivity index (χ3n) is 5.31. The molecule has 0 bridgehead atoms. The average Bonchev–Trinajstić information content (AvgIpc) is 3.39. The van der Waals surface area contributed by atoms with Crippen molar-refractivity contribution >= 4 is 34.1 Å². The summed E-state index contributed by atoms with van der Waals surface area (Å²) in [6.07, 6.45) is 4.69. The molecule has 7 heteroatoms. The van der Waals surface area contributed by atoms with Crippen molar-refractivity contribution < 1.29 is 19.0 Å². The summed E-state index contributed by atoms with van der Waals surface area (Å²) in [6, 6.07) is 12.9. The normalized spacial score (nSPS) is 12.6. The number of carbonyl (C=O) groups is 1. The summed E-state index contributed by atoms with van der Waals surface area (Å²) in [5.74, 6) is 2.05. The van der Waals surface area contributed by atoms with E-state index in [9.17, 15) is 4.79 Å². The molecule has 0 spiro atoms. The fourth-order valence-electron chi connectivity index (χ4n) is 3.78. The topological polar surface area (TPSA) is 69.2 Å². The van der Waals surface area contributed by atoms with Crippen LogP contribution in [-0.2, 0) is 12.8 Å². The van der Waals surface area contributed by atoms with Gasteiger partial charge in [0, 0.05) is 22.3 Å². The zero-order valence-corrected chi connectivity index (χ0v) is 19.3. The van der Waals surface area contributed by atoms with Crippen LogP contribution in [0.1, 0.15) is 39.7 Å². The predicted octanol–water partition coefficient (Wildman–Crippen LogP) is 5.66. The first kappa shape index (κ1) is 21.9. The van der Waals surface area contributed by atoms with Crippen molar-refractivity contribution in [3.8, 4) is 17.2 Å². The zero-order chi connectivity index (χ0) is 22.5. The van der Waals surface area contributed by atoms with Crippen LogP contribution in [0, 0.1) is 0 Å². The van der Waals surface area contributed by atoms with Crippen LogP contribution < -0.4 is 19.5 Å². The lowest BCUT2D eigenvalue weighted by atomic mass is 10.1. The molecule has 166 valence electrons. The summed E-state index contributed by atoms with van der Waals surface area (Å²) in [6.45, 7) is 2.54. The molecule has 0 saturated carbocycles. The molecule has 0 atom stereocenters. The van der Waals surface area contributed by atoms with Crippen LogP contribution in [0.25, 0.3) is 0 Å². The lowest BCUT2D eigenvalue weighted by Crippen LogP contribution is -2.13. The molecule has 1 aliphatic rings. The standard InChI is InChI=1S/C25H26N2O4S/c1-4-31-18-10-8-17(9-11-18)27-24(28)23-20-6-5-7-22(20)32-25(23)26-15-16-14-19(29-2)12-13-21(16)30-3/h8-15H,4-7H2,1-3H3,(H,27,28)/b26-15+. The highest BCUT2D eigenvalue weighted by atomic mass is 32.1. The molecule has 1 aliphatic carbocycles. The van der Waals surface area contributed by atoms with E-state index in [0.717, 1.165) is 47.6 Å². The molecule has 0 unspecified atom stereocenters. The molecule has 4 rings (SSSR count). The fourth-order valence-corrected chi connectivity index (χ4v) is 5.01. The second kappa shape index (κ2) is 9.87. The highest BCUT2D eigenvalue weighted by molar-refractivity contribution is 7.16. The van der Waals surface area contributed by atoms with Crippen LogP contribution in [0.2, 0.25) is 0 Å². The molecule has 2 aromatic carbocycles. The molecule has 0 aliphatic heterocycles. The number of rotatable bonds is 8. The molecule has 1 heterocycles. The summed E-state index contributed by atoms with van der Waals surface area (Å²) in [7, 11) is 3.24. The van der Waals surface area contributed by atoms with Gasteiger partial charge in [0.25, 0.3) is 5.91 Å². The highest BCUT2D eigenvalue weighted by Gasteiger charge is 2.26. The Morgan fingerprint density at radius 1 is 1.09 bits per heavy atom. The van der Waals surface area contributed by atoms with Crippen molar-refractivity contribution in [2.24, 2.45) is 4.99 Å². The van der Waals surface area contributed by atoms with Crippen LogP contribution in [-0.4, -0.2) is 32.9 Å². The van der Waals surface area contributed by atoms with Gasteiger partial charge in [0.2, 0.25) is 0 Å². The molecule has 1 amide bonds. The molecule has 6 nitrogen and oxygen atoms in total. The third-order valence-corrected chi connectivity index (χ3v) is 6.51. The molecular weight excluding hydrogens is 424 g/mol. The van der Waals surface area contributed by atoms with Gasteiger partial charge in [-0.25, -0.2) is 4.99 Å². The first-order chi connectivity index (χ1) is 15.6. The van der Waals surface area contributed by atoms with Crippen LogP contribution in [0.4, 0.5) is 10.7 Å². The van der Waals surface area contributed by atoms with E-state index >= 15 is 0 Å². The Labute approximate surface area is 191 Å². The Morgan fingerprint density at radius 2 is 1.88 bits per heavy atom. The lowest BCUT2D eigenvalue weighted by Gasteiger charge is -2.09. The summed E-state index contributed by atoms with van der Waals surface area (Å²) in [4.78, 5) is 19.2. The van der Waals surface area contributed by atoms with Crippen molar-refractivity contribution in [1.29, 1.82) is 0 Å². The number of nitrogens with zero attached hydrogens (tertiary/aromatic N) is 1. The summed E-state index contributed by atoms with van der Waals surface area (Å²) in [5, 5.41) is 3.73. The largest absolute Gasteiger partial charge is 0.497 e. The minimum atomic E-state index is -0.140. The van der Waals surface area contributed by atoms with E-state index in [2.05, 4.69) is 5.32 Å². The van der Waals surface area contributed by atoms with E-state index in [1.54, 1.807) is 31.8 Å². The number of nitrogens with one attached hydrogen (secondary N) is 1. The number of benzene rings is 2. The summed E-state index contributed by atoms with van der Waals surface area (Å²) >= 11 is 1.59. The van der Waals surface area contributed by atoms with Crippen LogP contribution in [0.5, 0.6) is 17.2 Å². The Bertz CT molecular complexity index is 1140.